The number of carbonyl (C=O) groups excluding carboxylic acids is 2. The average Bonchev–Trinajstić information content (AvgIpc) is 3.34. The van der Waals surface area contributed by atoms with Crippen molar-refractivity contribution in [1.82, 2.24) is 20.2 Å². The van der Waals surface area contributed by atoms with E-state index in [9.17, 15) is 9.59 Å². The van der Waals surface area contributed by atoms with Gasteiger partial charge in [-0.1, -0.05) is 0 Å². The molecule has 1 N–H and O–H groups in total. The molecule has 1 fully saturated rings. The summed E-state index contributed by atoms with van der Waals surface area (Å²) in [5, 5.41) is 14.0. The number of aryl methyl sites for hydroxylation is 1. The molecule has 2 aromatic carbocycles. The van der Waals surface area contributed by atoms with Gasteiger partial charge in [0, 0.05) is 29.9 Å². The van der Waals surface area contributed by atoms with Gasteiger partial charge in [-0.15, -0.1) is 5.10 Å². The molecular formula is C19H18N6O2. The van der Waals surface area contributed by atoms with Crippen LogP contribution in [0.4, 0.5) is 11.4 Å². The van der Waals surface area contributed by atoms with Crippen molar-refractivity contribution in [2.45, 2.75) is 19.8 Å². The van der Waals surface area contributed by atoms with Crippen LogP contribution in [-0.2, 0) is 4.79 Å². The molecule has 8 nitrogen and oxygen atoms in total. The summed E-state index contributed by atoms with van der Waals surface area (Å²) >= 11 is 0. The zero-order valence-electron chi connectivity index (χ0n) is 14.8. The predicted molar refractivity (Wildman–Crippen MR) is 99.9 cm³/mol. The molecule has 0 spiro atoms. The molecule has 0 aliphatic carbocycles. The second-order valence-electron chi connectivity index (χ2n) is 6.41. The quantitative estimate of drug-likeness (QED) is 0.769. The molecule has 1 aliphatic heterocycles. The third kappa shape index (κ3) is 3.41. The van der Waals surface area contributed by atoms with Gasteiger partial charge in [0.1, 0.15) is 6.33 Å². The number of hydrogen-bond acceptors (Lipinski definition) is 5. The second-order valence-corrected chi connectivity index (χ2v) is 6.41. The molecule has 136 valence electrons. The molecule has 1 aromatic heterocycles. The van der Waals surface area contributed by atoms with E-state index in [1.165, 1.54) is 6.33 Å². The third-order valence-corrected chi connectivity index (χ3v) is 4.57. The topological polar surface area (TPSA) is 93.0 Å². The molecule has 0 unspecified atom stereocenters. The van der Waals surface area contributed by atoms with Crippen molar-refractivity contribution in [3.63, 3.8) is 0 Å². The maximum absolute atomic E-state index is 12.5. The van der Waals surface area contributed by atoms with Gasteiger partial charge in [0.2, 0.25) is 5.91 Å². The molecule has 3 aromatic rings. The first-order valence-corrected chi connectivity index (χ1v) is 8.67. The summed E-state index contributed by atoms with van der Waals surface area (Å²) in [5.41, 5.74) is 3.83. The lowest BCUT2D eigenvalue weighted by Crippen LogP contribution is -2.23. The van der Waals surface area contributed by atoms with Crippen LogP contribution in [0.1, 0.15) is 28.8 Å². The fourth-order valence-electron chi connectivity index (χ4n) is 3.18. The van der Waals surface area contributed by atoms with Crippen molar-refractivity contribution in [2.24, 2.45) is 0 Å². The number of rotatable bonds is 4. The first-order valence-electron chi connectivity index (χ1n) is 8.67. The van der Waals surface area contributed by atoms with Crippen molar-refractivity contribution < 1.29 is 9.59 Å². The highest BCUT2D eigenvalue weighted by Gasteiger charge is 2.21. The number of nitrogens with one attached hydrogen (secondary N) is 1. The van der Waals surface area contributed by atoms with Crippen molar-refractivity contribution in [2.75, 3.05) is 16.8 Å². The van der Waals surface area contributed by atoms with Gasteiger partial charge in [0.05, 0.1) is 5.69 Å². The van der Waals surface area contributed by atoms with Gasteiger partial charge in [0.25, 0.3) is 5.91 Å². The maximum atomic E-state index is 12.5. The van der Waals surface area contributed by atoms with Crippen LogP contribution in [-0.4, -0.2) is 38.6 Å². The number of tetrazole rings is 1. The lowest BCUT2D eigenvalue weighted by atomic mass is 10.1. The van der Waals surface area contributed by atoms with E-state index in [0.717, 1.165) is 29.9 Å². The van der Waals surface area contributed by atoms with Gasteiger partial charge < -0.3 is 10.2 Å². The summed E-state index contributed by atoms with van der Waals surface area (Å²) in [7, 11) is 0. The number of anilines is 2. The predicted octanol–water partition coefficient (Wildman–Crippen LogP) is 2.35. The number of amides is 2. The molecule has 0 radical (unpaired) electrons. The van der Waals surface area contributed by atoms with E-state index in [4.69, 9.17) is 0 Å². The molecule has 2 heterocycles. The number of nitrogens with zero attached hydrogens (tertiary/aromatic N) is 5. The van der Waals surface area contributed by atoms with E-state index in [0.29, 0.717) is 17.7 Å². The fraction of sp³-hybridized carbons (Fsp3) is 0.211. The summed E-state index contributed by atoms with van der Waals surface area (Å²) in [6.07, 6.45) is 2.98. The van der Waals surface area contributed by atoms with Crippen molar-refractivity contribution in [3.05, 3.63) is 59.9 Å². The Balaban J connectivity index is 1.47. The lowest BCUT2D eigenvalue weighted by Gasteiger charge is -2.16. The van der Waals surface area contributed by atoms with Crippen LogP contribution in [0, 0.1) is 6.92 Å². The Kier molecular flexibility index (Phi) is 4.37. The molecule has 1 aliphatic rings. The van der Waals surface area contributed by atoms with E-state index < -0.39 is 0 Å². The van der Waals surface area contributed by atoms with E-state index >= 15 is 0 Å². The smallest absolute Gasteiger partial charge is 0.255 e. The summed E-state index contributed by atoms with van der Waals surface area (Å²) in [6, 6.07) is 12.6. The standard InChI is InChI=1S/C19H18N6O2/c1-13-11-15(6-9-17(13)25-12-20-22-23-25)21-19(27)14-4-7-16(8-5-14)24-10-2-3-18(24)26/h4-9,11-12H,2-3,10H2,1H3,(H,21,27). The molecule has 0 saturated carbocycles. The fourth-order valence-corrected chi connectivity index (χ4v) is 3.18. The van der Waals surface area contributed by atoms with Crippen molar-refractivity contribution in [1.29, 1.82) is 0 Å². The van der Waals surface area contributed by atoms with Crippen LogP contribution in [0.25, 0.3) is 5.69 Å². The Morgan fingerprint density at radius 3 is 2.59 bits per heavy atom. The highest BCUT2D eigenvalue weighted by atomic mass is 16.2. The molecule has 0 bridgehead atoms. The highest BCUT2D eigenvalue weighted by Crippen LogP contribution is 2.22. The minimum absolute atomic E-state index is 0.130. The van der Waals surface area contributed by atoms with Crippen molar-refractivity contribution >= 4 is 23.2 Å². The number of aromatic nitrogens is 4. The monoisotopic (exact) mass is 362 g/mol. The van der Waals surface area contributed by atoms with E-state index in [2.05, 4.69) is 20.8 Å². The lowest BCUT2D eigenvalue weighted by molar-refractivity contribution is -0.117. The van der Waals surface area contributed by atoms with Crippen LogP contribution in [0.15, 0.2) is 48.8 Å². The SMILES string of the molecule is Cc1cc(NC(=O)c2ccc(N3CCCC3=O)cc2)ccc1-n1cnnn1. The molecule has 2 amide bonds. The molecule has 1 saturated heterocycles. The zero-order valence-corrected chi connectivity index (χ0v) is 14.8. The van der Waals surface area contributed by atoms with E-state index in [1.54, 1.807) is 27.8 Å². The van der Waals surface area contributed by atoms with Crippen LogP contribution in [0.2, 0.25) is 0 Å². The first-order chi connectivity index (χ1) is 13.1. The zero-order chi connectivity index (χ0) is 18.8. The summed E-state index contributed by atoms with van der Waals surface area (Å²) in [4.78, 5) is 26.1. The van der Waals surface area contributed by atoms with Gasteiger partial charge in [-0.25, -0.2) is 4.68 Å². The summed E-state index contributed by atoms with van der Waals surface area (Å²) in [5.74, 6) is -0.0748. The van der Waals surface area contributed by atoms with Gasteiger partial charge in [-0.3, -0.25) is 9.59 Å². The number of benzene rings is 2. The molecule has 0 atom stereocenters. The largest absolute Gasteiger partial charge is 0.322 e. The Bertz CT molecular complexity index is 982. The Morgan fingerprint density at radius 1 is 1.15 bits per heavy atom. The molecule has 4 rings (SSSR count). The molecule has 8 heteroatoms. The summed E-state index contributed by atoms with van der Waals surface area (Å²) in [6.45, 7) is 2.66. The van der Waals surface area contributed by atoms with Crippen LogP contribution in [0.3, 0.4) is 0 Å². The Hall–Kier alpha value is -3.55. The Labute approximate surface area is 155 Å². The van der Waals surface area contributed by atoms with Crippen LogP contribution >= 0.6 is 0 Å². The Morgan fingerprint density at radius 2 is 1.96 bits per heavy atom. The second kappa shape index (κ2) is 6.99. The number of hydrogen-bond donors (Lipinski definition) is 1. The van der Waals surface area contributed by atoms with Gasteiger partial charge in [0.15, 0.2) is 0 Å². The summed E-state index contributed by atoms with van der Waals surface area (Å²) < 4.78 is 1.57. The molecular weight excluding hydrogens is 344 g/mol. The van der Waals surface area contributed by atoms with Crippen LogP contribution < -0.4 is 10.2 Å². The highest BCUT2D eigenvalue weighted by molar-refractivity contribution is 6.05. The van der Waals surface area contributed by atoms with Gasteiger partial charge >= 0.3 is 0 Å². The third-order valence-electron chi connectivity index (χ3n) is 4.57. The maximum Gasteiger partial charge on any atom is 0.255 e. The van der Waals surface area contributed by atoms with E-state index in [-0.39, 0.29) is 11.8 Å². The van der Waals surface area contributed by atoms with E-state index in [1.807, 2.05) is 31.2 Å². The number of carbonyl (C=O) groups is 2. The van der Waals surface area contributed by atoms with Gasteiger partial charge in [-0.05, 0) is 71.8 Å². The first kappa shape index (κ1) is 16.9. The minimum atomic E-state index is -0.205. The van der Waals surface area contributed by atoms with Crippen molar-refractivity contribution in [3.8, 4) is 5.69 Å². The average molecular weight is 362 g/mol. The molecule has 27 heavy (non-hydrogen) atoms. The minimum Gasteiger partial charge on any atom is -0.322 e. The normalized spacial score (nSPS) is 13.8. The van der Waals surface area contributed by atoms with Gasteiger partial charge in [-0.2, -0.15) is 0 Å². The van der Waals surface area contributed by atoms with Crippen LogP contribution in [0.5, 0.6) is 0 Å².